The van der Waals surface area contributed by atoms with E-state index < -0.39 is 10.0 Å². The van der Waals surface area contributed by atoms with E-state index in [9.17, 15) is 13.2 Å². The number of sulfonamides is 1. The van der Waals surface area contributed by atoms with E-state index in [1.165, 1.54) is 21.3 Å². The molecule has 1 N–H and O–H groups in total. The van der Waals surface area contributed by atoms with Crippen LogP contribution < -0.4 is 5.32 Å². The van der Waals surface area contributed by atoms with E-state index in [2.05, 4.69) is 5.32 Å². The largest absolute Gasteiger partial charge is 0.345 e. The maximum atomic E-state index is 12.6. The fourth-order valence-electron chi connectivity index (χ4n) is 2.29. The van der Waals surface area contributed by atoms with Crippen LogP contribution in [0.2, 0.25) is 0 Å². The number of benzene rings is 1. The highest BCUT2D eigenvalue weighted by atomic mass is 35.5. The molecule has 22 heavy (non-hydrogen) atoms. The van der Waals surface area contributed by atoms with Gasteiger partial charge in [-0.1, -0.05) is 0 Å². The SMILES string of the molecule is CC1CN(S(=O)(=O)c2ccc(C(=O)N(C)C)cc2)CCN1.Cl. The molecular weight excluding hydrogens is 326 g/mol. The van der Waals surface area contributed by atoms with Crippen LogP contribution in [0.15, 0.2) is 29.2 Å². The first-order valence-electron chi connectivity index (χ1n) is 6.87. The maximum Gasteiger partial charge on any atom is 0.253 e. The average molecular weight is 348 g/mol. The number of piperazine rings is 1. The standard InChI is InChI=1S/C14H21N3O3S.ClH/c1-11-10-17(9-8-15-11)21(19,20)13-6-4-12(5-7-13)14(18)16(2)3;/h4-7,11,15H,8-10H2,1-3H3;1H. The smallest absolute Gasteiger partial charge is 0.253 e. The molecule has 0 aromatic heterocycles. The zero-order valence-electron chi connectivity index (χ0n) is 12.9. The molecule has 0 radical (unpaired) electrons. The van der Waals surface area contributed by atoms with Crippen LogP contribution in [0, 0.1) is 0 Å². The lowest BCUT2D eigenvalue weighted by molar-refractivity contribution is 0.0827. The lowest BCUT2D eigenvalue weighted by Crippen LogP contribution is -2.51. The topological polar surface area (TPSA) is 69.7 Å². The number of hydrogen-bond acceptors (Lipinski definition) is 4. The van der Waals surface area contributed by atoms with Crippen LogP contribution in [0.1, 0.15) is 17.3 Å². The maximum absolute atomic E-state index is 12.6. The molecule has 1 unspecified atom stereocenters. The zero-order chi connectivity index (χ0) is 15.6. The number of nitrogens with zero attached hydrogens (tertiary/aromatic N) is 2. The summed E-state index contributed by atoms with van der Waals surface area (Å²) in [4.78, 5) is 13.5. The second-order valence-corrected chi connectivity index (χ2v) is 7.38. The molecule has 1 aliphatic rings. The molecule has 124 valence electrons. The predicted octanol–water partition coefficient (Wildman–Crippen LogP) is 0.793. The minimum absolute atomic E-state index is 0. The van der Waals surface area contributed by atoms with Crippen molar-refractivity contribution in [3.8, 4) is 0 Å². The van der Waals surface area contributed by atoms with Crippen molar-refractivity contribution in [2.45, 2.75) is 17.9 Å². The lowest BCUT2D eigenvalue weighted by atomic mass is 10.2. The Balaban J connectivity index is 0.00000242. The molecule has 2 rings (SSSR count). The molecule has 1 aliphatic heterocycles. The van der Waals surface area contributed by atoms with Gasteiger partial charge in [-0.15, -0.1) is 12.4 Å². The van der Waals surface area contributed by atoms with Gasteiger partial charge in [-0.2, -0.15) is 4.31 Å². The van der Waals surface area contributed by atoms with Crippen LogP contribution in [-0.2, 0) is 10.0 Å². The number of carbonyl (C=O) groups excluding carboxylic acids is 1. The lowest BCUT2D eigenvalue weighted by Gasteiger charge is -2.31. The number of nitrogens with one attached hydrogen (secondary N) is 1. The molecular formula is C14H22ClN3O3S. The van der Waals surface area contributed by atoms with Gasteiger partial charge in [0, 0.05) is 45.3 Å². The Morgan fingerprint density at radius 3 is 2.36 bits per heavy atom. The number of hydrogen-bond donors (Lipinski definition) is 1. The predicted molar refractivity (Wildman–Crippen MR) is 87.9 cm³/mol. The van der Waals surface area contributed by atoms with Gasteiger partial charge in [0.2, 0.25) is 10.0 Å². The summed E-state index contributed by atoms with van der Waals surface area (Å²) in [6.45, 7) is 3.53. The number of carbonyl (C=O) groups is 1. The third-order valence-corrected chi connectivity index (χ3v) is 5.36. The highest BCUT2D eigenvalue weighted by Gasteiger charge is 2.28. The van der Waals surface area contributed by atoms with Gasteiger partial charge in [-0.25, -0.2) is 8.42 Å². The van der Waals surface area contributed by atoms with E-state index in [4.69, 9.17) is 0 Å². The second kappa shape index (κ2) is 7.41. The van der Waals surface area contributed by atoms with Crippen molar-refractivity contribution in [1.82, 2.24) is 14.5 Å². The fourth-order valence-corrected chi connectivity index (χ4v) is 3.82. The zero-order valence-corrected chi connectivity index (χ0v) is 14.6. The summed E-state index contributed by atoms with van der Waals surface area (Å²) < 4.78 is 26.6. The van der Waals surface area contributed by atoms with Crippen LogP contribution in [-0.4, -0.2) is 63.3 Å². The normalized spacial score (nSPS) is 19.3. The van der Waals surface area contributed by atoms with Gasteiger partial charge < -0.3 is 10.2 Å². The van der Waals surface area contributed by atoms with Gasteiger partial charge in [0.25, 0.3) is 5.91 Å². The van der Waals surface area contributed by atoms with Crippen molar-refractivity contribution in [2.75, 3.05) is 33.7 Å². The molecule has 0 aliphatic carbocycles. The van der Waals surface area contributed by atoms with Crippen molar-refractivity contribution in [2.24, 2.45) is 0 Å². The Hall–Kier alpha value is -1.15. The summed E-state index contributed by atoms with van der Waals surface area (Å²) in [6, 6.07) is 6.25. The minimum Gasteiger partial charge on any atom is -0.345 e. The van der Waals surface area contributed by atoms with Gasteiger partial charge >= 0.3 is 0 Å². The van der Waals surface area contributed by atoms with Crippen LogP contribution in [0.4, 0.5) is 0 Å². The fraction of sp³-hybridized carbons (Fsp3) is 0.500. The Morgan fingerprint density at radius 1 is 1.27 bits per heavy atom. The highest BCUT2D eigenvalue weighted by molar-refractivity contribution is 7.89. The Bertz CT molecular complexity index is 617. The number of halogens is 1. The summed E-state index contributed by atoms with van der Waals surface area (Å²) in [5, 5.41) is 3.22. The third kappa shape index (κ3) is 3.98. The second-order valence-electron chi connectivity index (χ2n) is 5.44. The summed E-state index contributed by atoms with van der Waals surface area (Å²) in [5.41, 5.74) is 0.479. The molecule has 0 spiro atoms. The van der Waals surface area contributed by atoms with E-state index in [0.717, 1.165) is 0 Å². The van der Waals surface area contributed by atoms with Gasteiger partial charge in [0.05, 0.1) is 4.90 Å². The quantitative estimate of drug-likeness (QED) is 0.877. The van der Waals surface area contributed by atoms with Crippen molar-refractivity contribution < 1.29 is 13.2 Å². The summed E-state index contributed by atoms with van der Waals surface area (Å²) in [5.74, 6) is -0.144. The molecule has 1 atom stereocenters. The third-order valence-electron chi connectivity index (χ3n) is 3.48. The minimum atomic E-state index is -3.49. The Kier molecular flexibility index (Phi) is 6.37. The van der Waals surface area contributed by atoms with E-state index in [1.807, 2.05) is 6.92 Å². The molecule has 1 fully saturated rings. The summed E-state index contributed by atoms with van der Waals surface area (Å²) in [7, 11) is -0.166. The van der Waals surface area contributed by atoms with Gasteiger partial charge in [0.1, 0.15) is 0 Å². The first-order chi connectivity index (χ1) is 9.82. The van der Waals surface area contributed by atoms with Crippen molar-refractivity contribution >= 4 is 28.3 Å². The molecule has 1 amide bonds. The summed E-state index contributed by atoms with van der Waals surface area (Å²) in [6.07, 6.45) is 0. The Labute approximate surface area is 137 Å². The van der Waals surface area contributed by atoms with Crippen LogP contribution >= 0.6 is 12.4 Å². The average Bonchev–Trinajstić information content (AvgIpc) is 2.46. The molecule has 1 heterocycles. The van der Waals surface area contributed by atoms with Crippen LogP contribution in [0.5, 0.6) is 0 Å². The Morgan fingerprint density at radius 2 is 1.86 bits per heavy atom. The van der Waals surface area contributed by atoms with Crippen LogP contribution in [0.3, 0.4) is 0 Å². The van der Waals surface area contributed by atoms with E-state index in [0.29, 0.717) is 25.2 Å². The van der Waals surface area contributed by atoms with E-state index in [-0.39, 0.29) is 29.3 Å². The van der Waals surface area contributed by atoms with Gasteiger partial charge in [-0.3, -0.25) is 4.79 Å². The number of rotatable bonds is 3. The summed E-state index contributed by atoms with van der Waals surface area (Å²) >= 11 is 0. The molecule has 6 nitrogen and oxygen atoms in total. The van der Waals surface area contributed by atoms with Crippen molar-refractivity contribution in [1.29, 1.82) is 0 Å². The first-order valence-corrected chi connectivity index (χ1v) is 8.31. The van der Waals surface area contributed by atoms with Gasteiger partial charge in [-0.05, 0) is 31.2 Å². The molecule has 0 saturated carbocycles. The molecule has 1 aromatic carbocycles. The number of amides is 1. The molecule has 8 heteroatoms. The van der Waals surface area contributed by atoms with Crippen LogP contribution in [0.25, 0.3) is 0 Å². The van der Waals surface area contributed by atoms with E-state index >= 15 is 0 Å². The molecule has 1 aromatic rings. The first kappa shape index (κ1) is 18.9. The molecule has 1 saturated heterocycles. The van der Waals surface area contributed by atoms with Crippen molar-refractivity contribution in [3.05, 3.63) is 29.8 Å². The highest BCUT2D eigenvalue weighted by Crippen LogP contribution is 2.18. The van der Waals surface area contributed by atoms with Gasteiger partial charge in [0.15, 0.2) is 0 Å². The van der Waals surface area contributed by atoms with Crippen molar-refractivity contribution in [3.63, 3.8) is 0 Å². The van der Waals surface area contributed by atoms with E-state index in [1.54, 1.807) is 26.2 Å². The molecule has 0 bridgehead atoms. The monoisotopic (exact) mass is 347 g/mol.